The van der Waals surface area contributed by atoms with Crippen LogP contribution in [0.15, 0.2) is 59.4 Å². The van der Waals surface area contributed by atoms with Crippen LogP contribution >= 0.6 is 11.3 Å². The molecule has 3 aromatic rings. The molecular formula is C18H19N3O2S. The van der Waals surface area contributed by atoms with Gasteiger partial charge in [0.1, 0.15) is 5.75 Å². The molecule has 2 heterocycles. The number of para-hydroxylation sites is 1. The van der Waals surface area contributed by atoms with Gasteiger partial charge in [0.05, 0.1) is 12.2 Å². The topological polar surface area (TPSA) is 56.1 Å². The molecule has 1 atom stereocenters. The first kappa shape index (κ1) is 16.3. The van der Waals surface area contributed by atoms with Crippen molar-refractivity contribution in [3.8, 4) is 17.0 Å². The molecule has 0 aliphatic carbocycles. The van der Waals surface area contributed by atoms with E-state index in [1.54, 1.807) is 18.3 Å². The van der Waals surface area contributed by atoms with E-state index >= 15 is 0 Å². The summed E-state index contributed by atoms with van der Waals surface area (Å²) in [5.74, 6) is 0.552. The van der Waals surface area contributed by atoms with E-state index in [1.807, 2.05) is 58.7 Å². The first-order valence-electron chi connectivity index (χ1n) is 7.78. The van der Waals surface area contributed by atoms with E-state index in [1.165, 1.54) is 0 Å². The predicted octanol–water partition coefficient (Wildman–Crippen LogP) is 3.20. The molecule has 124 valence electrons. The number of hydrogen-bond donors (Lipinski definition) is 1. The Balaban J connectivity index is 1.45. The minimum atomic E-state index is -0.536. The van der Waals surface area contributed by atoms with Gasteiger partial charge in [0, 0.05) is 23.7 Å². The molecule has 0 saturated carbocycles. The summed E-state index contributed by atoms with van der Waals surface area (Å²) in [6, 6.07) is 13.4. The average molecular weight is 341 g/mol. The van der Waals surface area contributed by atoms with E-state index in [0.717, 1.165) is 11.3 Å². The highest BCUT2D eigenvalue weighted by Gasteiger charge is 2.13. The molecule has 0 saturated heterocycles. The molecule has 1 amide bonds. The van der Waals surface area contributed by atoms with Crippen LogP contribution in [0.25, 0.3) is 11.3 Å². The molecular weight excluding hydrogens is 322 g/mol. The van der Waals surface area contributed by atoms with Gasteiger partial charge in [0.15, 0.2) is 6.10 Å². The van der Waals surface area contributed by atoms with Crippen LogP contribution in [-0.2, 0) is 11.3 Å². The van der Waals surface area contributed by atoms with Crippen LogP contribution in [0.2, 0.25) is 0 Å². The molecule has 3 rings (SSSR count). The van der Waals surface area contributed by atoms with E-state index in [2.05, 4.69) is 15.8 Å². The molecule has 1 aromatic carbocycles. The number of rotatable bonds is 7. The van der Waals surface area contributed by atoms with Crippen LogP contribution in [0, 0.1) is 0 Å². The van der Waals surface area contributed by atoms with Gasteiger partial charge in [0.25, 0.3) is 5.91 Å². The standard InChI is InChI=1S/C18H19N3O2S/c1-14(23-16-5-3-2-4-6-16)18(22)19-9-11-21-10-7-17(20-21)15-8-12-24-13-15/h2-8,10,12-14H,9,11H2,1H3,(H,19,22). The fourth-order valence-corrected chi connectivity index (χ4v) is 2.89. The number of nitrogens with one attached hydrogen (secondary N) is 1. The van der Waals surface area contributed by atoms with Crippen molar-refractivity contribution >= 4 is 17.2 Å². The maximum atomic E-state index is 12.1. The number of ether oxygens (including phenoxy) is 1. The van der Waals surface area contributed by atoms with Gasteiger partial charge < -0.3 is 10.1 Å². The number of aromatic nitrogens is 2. The highest BCUT2D eigenvalue weighted by molar-refractivity contribution is 7.08. The third kappa shape index (κ3) is 4.23. The Bertz CT molecular complexity index is 769. The van der Waals surface area contributed by atoms with Gasteiger partial charge >= 0.3 is 0 Å². The maximum Gasteiger partial charge on any atom is 0.260 e. The van der Waals surface area contributed by atoms with E-state index in [9.17, 15) is 4.79 Å². The summed E-state index contributed by atoms with van der Waals surface area (Å²) in [5.41, 5.74) is 2.07. The molecule has 0 radical (unpaired) electrons. The third-order valence-corrected chi connectivity index (χ3v) is 4.21. The van der Waals surface area contributed by atoms with Crippen LogP contribution in [-0.4, -0.2) is 28.3 Å². The van der Waals surface area contributed by atoms with Gasteiger partial charge in [-0.1, -0.05) is 18.2 Å². The van der Waals surface area contributed by atoms with Crippen LogP contribution in [0.5, 0.6) is 5.75 Å². The summed E-state index contributed by atoms with van der Waals surface area (Å²) < 4.78 is 7.43. The summed E-state index contributed by atoms with van der Waals surface area (Å²) in [5, 5.41) is 11.5. The molecule has 5 nitrogen and oxygen atoms in total. The van der Waals surface area contributed by atoms with Crippen molar-refractivity contribution in [2.24, 2.45) is 0 Å². The average Bonchev–Trinajstić information content (AvgIpc) is 3.27. The van der Waals surface area contributed by atoms with Gasteiger partial charge in [-0.25, -0.2) is 0 Å². The second kappa shape index (κ2) is 7.79. The van der Waals surface area contributed by atoms with Crippen molar-refractivity contribution in [3.63, 3.8) is 0 Å². The molecule has 1 N–H and O–H groups in total. The third-order valence-electron chi connectivity index (χ3n) is 3.52. The molecule has 0 spiro atoms. The van der Waals surface area contributed by atoms with E-state index in [-0.39, 0.29) is 5.91 Å². The molecule has 0 fully saturated rings. The minimum absolute atomic E-state index is 0.135. The molecule has 0 aliphatic heterocycles. The summed E-state index contributed by atoms with van der Waals surface area (Å²) in [6.45, 7) is 2.87. The van der Waals surface area contributed by atoms with E-state index in [0.29, 0.717) is 18.8 Å². The lowest BCUT2D eigenvalue weighted by Crippen LogP contribution is -2.37. The molecule has 0 aliphatic rings. The highest BCUT2D eigenvalue weighted by atomic mass is 32.1. The first-order chi connectivity index (χ1) is 11.7. The highest BCUT2D eigenvalue weighted by Crippen LogP contribution is 2.19. The number of carbonyl (C=O) groups is 1. The summed E-state index contributed by atoms with van der Waals surface area (Å²) in [4.78, 5) is 12.1. The zero-order valence-corrected chi connectivity index (χ0v) is 14.2. The first-order valence-corrected chi connectivity index (χ1v) is 8.72. The van der Waals surface area contributed by atoms with Gasteiger partial charge in [-0.2, -0.15) is 16.4 Å². The molecule has 24 heavy (non-hydrogen) atoms. The minimum Gasteiger partial charge on any atom is -0.481 e. The van der Waals surface area contributed by atoms with E-state index < -0.39 is 6.10 Å². The Morgan fingerprint density at radius 3 is 2.88 bits per heavy atom. The molecule has 2 aromatic heterocycles. The summed E-state index contributed by atoms with van der Waals surface area (Å²) in [7, 11) is 0. The smallest absolute Gasteiger partial charge is 0.260 e. The number of amides is 1. The van der Waals surface area contributed by atoms with Crippen molar-refractivity contribution in [1.82, 2.24) is 15.1 Å². The number of carbonyl (C=O) groups excluding carboxylic acids is 1. The van der Waals surface area contributed by atoms with Gasteiger partial charge in [-0.15, -0.1) is 0 Å². The Morgan fingerprint density at radius 2 is 2.12 bits per heavy atom. The van der Waals surface area contributed by atoms with Crippen molar-refractivity contribution in [2.75, 3.05) is 6.54 Å². The van der Waals surface area contributed by atoms with Crippen molar-refractivity contribution < 1.29 is 9.53 Å². The normalized spacial score (nSPS) is 11.9. The second-order valence-corrected chi connectivity index (χ2v) is 6.12. The fraction of sp³-hybridized carbons (Fsp3) is 0.222. The lowest BCUT2D eigenvalue weighted by Gasteiger charge is -2.14. The fourth-order valence-electron chi connectivity index (χ4n) is 2.24. The zero-order valence-electron chi connectivity index (χ0n) is 13.4. The van der Waals surface area contributed by atoms with Crippen molar-refractivity contribution in [3.05, 3.63) is 59.4 Å². The summed E-state index contributed by atoms with van der Waals surface area (Å²) >= 11 is 1.65. The molecule has 1 unspecified atom stereocenters. The lowest BCUT2D eigenvalue weighted by molar-refractivity contribution is -0.127. The Morgan fingerprint density at radius 1 is 1.29 bits per heavy atom. The van der Waals surface area contributed by atoms with Gasteiger partial charge in [-0.05, 0) is 36.6 Å². The zero-order chi connectivity index (χ0) is 16.8. The van der Waals surface area contributed by atoms with Crippen LogP contribution in [0.1, 0.15) is 6.92 Å². The van der Waals surface area contributed by atoms with Gasteiger partial charge in [-0.3, -0.25) is 9.48 Å². The van der Waals surface area contributed by atoms with Crippen LogP contribution in [0.4, 0.5) is 0 Å². The Hall–Kier alpha value is -2.60. The second-order valence-electron chi connectivity index (χ2n) is 5.34. The predicted molar refractivity (Wildman–Crippen MR) is 95.1 cm³/mol. The largest absolute Gasteiger partial charge is 0.481 e. The van der Waals surface area contributed by atoms with Crippen molar-refractivity contribution in [2.45, 2.75) is 19.6 Å². The van der Waals surface area contributed by atoms with E-state index in [4.69, 9.17) is 4.74 Å². The Labute approximate surface area is 144 Å². The van der Waals surface area contributed by atoms with Gasteiger partial charge in [0.2, 0.25) is 0 Å². The number of nitrogens with zero attached hydrogens (tertiary/aromatic N) is 2. The maximum absolute atomic E-state index is 12.1. The number of hydrogen-bond acceptors (Lipinski definition) is 4. The number of benzene rings is 1. The number of thiophene rings is 1. The molecule has 0 bridgehead atoms. The lowest BCUT2D eigenvalue weighted by atomic mass is 10.2. The summed E-state index contributed by atoms with van der Waals surface area (Å²) in [6.07, 6.45) is 1.38. The SMILES string of the molecule is CC(Oc1ccccc1)C(=O)NCCn1ccc(-c2ccsc2)n1. The van der Waals surface area contributed by atoms with Crippen molar-refractivity contribution in [1.29, 1.82) is 0 Å². The quantitative estimate of drug-likeness (QED) is 0.718. The van der Waals surface area contributed by atoms with Crippen LogP contribution in [0.3, 0.4) is 0 Å². The van der Waals surface area contributed by atoms with Crippen LogP contribution < -0.4 is 10.1 Å². The molecule has 6 heteroatoms. The Kier molecular flexibility index (Phi) is 5.28. The monoisotopic (exact) mass is 341 g/mol.